The molecule has 2 aromatic heterocycles. The molecule has 0 amide bonds. The molecule has 0 radical (unpaired) electrons. The van der Waals surface area contributed by atoms with E-state index in [1.165, 1.54) is 65.5 Å². The Labute approximate surface area is 313 Å². The number of benzene rings is 7. The number of fused-ring (bicyclic) bond motifs is 9. The summed E-state index contributed by atoms with van der Waals surface area (Å²) < 4.78 is 8.70. The second kappa shape index (κ2) is 13.2. The molecule has 0 spiro atoms. The molecular weight excluding hydrogens is 665 g/mol. The van der Waals surface area contributed by atoms with Gasteiger partial charge in [0.2, 0.25) is 0 Å². The fourth-order valence-corrected chi connectivity index (χ4v) is 9.39. The van der Waals surface area contributed by atoms with Crippen molar-refractivity contribution in [1.82, 2.24) is 5.32 Å². The Morgan fingerprint density at radius 1 is 0.642 bits per heavy atom. The maximum absolute atomic E-state index is 6.86. The molecule has 53 heavy (non-hydrogen) atoms. The zero-order chi connectivity index (χ0) is 35.3. The van der Waals surface area contributed by atoms with Gasteiger partial charge in [-0.25, -0.2) is 0 Å². The van der Waals surface area contributed by atoms with E-state index in [1.54, 1.807) is 0 Å². The van der Waals surface area contributed by atoms with Crippen LogP contribution < -0.4 is 11.1 Å². The summed E-state index contributed by atoms with van der Waals surface area (Å²) >= 11 is 1.88. The molecule has 2 heterocycles. The molecule has 1 atom stereocenters. The van der Waals surface area contributed by atoms with Crippen molar-refractivity contribution in [3.8, 4) is 22.3 Å². The zero-order valence-electron chi connectivity index (χ0n) is 29.3. The Hall–Kier alpha value is -5.94. The standard InChI is InChI=1S/C49H38N2OS/c50-49(35-22-26-46-42(30-35)40-15-6-7-19-45(40)52-46)51-44(33-11-2-1-3-12-33)25-21-31-20-24-41-43-29-34(23-27-47(43)53-48(41)28-31)37-16-9-18-38-36-14-5-4-10-32(36)13-8-17-39(37)38/h1-7,9-12,14-16,18-20,22-30,49,51H,8,13,17,21,50H2/b44-25-. The van der Waals surface area contributed by atoms with Gasteiger partial charge in [0.05, 0.1) is 0 Å². The number of hydrogen-bond donors (Lipinski definition) is 2. The Balaban J connectivity index is 0.956. The average Bonchev–Trinajstić information content (AvgIpc) is 3.70. The van der Waals surface area contributed by atoms with E-state index in [2.05, 4.69) is 133 Å². The lowest BCUT2D eigenvalue weighted by atomic mass is 9.90. The van der Waals surface area contributed by atoms with Crippen LogP contribution in [-0.2, 0) is 19.3 Å². The van der Waals surface area contributed by atoms with Gasteiger partial charge in [-0.3, -0.25) is 0 Å². The van der Waals surface area contributed by atoms with Crippen molar-refractivity contribution in [1.29, 1.82) is 0 Å². The van der Waals surface area contributed by atoms with Gasteiger partial charge in [-0.05, 0) is 112 Å². The highest BCUT2D eigenvalue weighted by atomic mass is 32.1. The Kier molecular flexibility index (Phi) is 7.93. The number of rotatable bonds is 7. The first kappa shape index (κ1) is 31.8. The van der Waals surface area contributed by atoms with Crippen LogP contribution in [-0.4, -0.2) is 0 Å². The van der Waals surface area contributed by atoms with Gasteiger partial charge in [0.25, 0.3) is 0 Å². The summed E-state index contributed by atoms with van der Waals surface area (Å²) in [6.07, 6.45) is 6.06. The fourth-order valence-electron chi connectivity index (χ4n) is 8.24. The second-order valence-electron chi connectivity index (χ2n) is 14.1. The van der Waals surface area contributed by atoms with Crippen molar-refractivity contribution in [3.63, 3.8) is 0 Å². The van der Waals surface area contributed by atoms with Crippen LogP contribution in [0.3, 0.4) is 0 Å². The third-order valence-corrected chi connectivity index (χ3v) is 12.0. The largest absolute Gasteiger partial charge is 0.456 e. The molecule has 0 saturated carbocycles. The van der Waals surface area contributed by atoms with Gasteiger partial charge < -0.3 is 15.5 Å². The summed E-state index contributed by atoms with van der Waals surface area (Å²) in [7, 11) is 0. The number of hydrogen-bond acceptors (Lipinski definition) is 4. The molecule has 1 aliphatic rings. The van der Waals surface area contributed by atoms with E-state index >= 15 is 0 Å². The minimum atomic E-state index is -0.395. The van der Waals surface area contributed by atoms with Crippen LogP contribution in [0.5, 0.6) is 0 Å². The first-order valence-corrected chi connectivity index (χ1v) is 19.3. The highest BCUT2D eigenvalue weighted by molar-refractivity contribution is 7.25. The smallest absolute Gasteiger partial charge is 0.135 e. The summed E-state index contributed by atoms with van der Waals surface area (Å²) in [4.78, 5) is 0. The molecular formula is C49H38N2OS. The van der Waals surface area contributed by atoms with Crippen LogP contribution >= 0.6 is 11.3 Å². The van der Waals surface area contributed by atoms with Gasteiger partial charge >= 0.3 is 0 Å². The second-order valence-corrected chi connectivity index (χ2v) is 15.2. The van der Waals surface area contributed by atoms with Crippen LogP contribution in [0.2, 0.25) is 0 Å². The van der Waals surface area contributed by atoms with E-state index in [0.29, 0.717) is 0 Å². The van der Waals surface area contributed by atoms with Gasteiger partial charge in [0.15, 0.2) is 0 Å². The Morgan fingerprint density at radius 2 is 1.45 bits per heavy atom. The van der Waals surface area contributed by atoms with Gasteiger partial charge in [0.1, 0.15) is 17.3 Å². The van der Waals surface area contributed by atoms with Crippen molar-refractivity contribution in [2.75, 3.05) is 0 Å². The van der Waals surface area contributed by atoms with Crippen molar-refractivity contribution in [3.05, 3.63) is 186 Å². The van der Waals surface area contributed by atoms with E-state index in [0.717, 1.165) is 58.0 Å². The van der Waals surface area contributed by atoms with Gasteiger partial charge in [-0.15, -0.1) is 11.3 Å². The van der Waals surface area contributed by atoms with Crippen molar-refractivity contribution in [2.24, 2.45) is 5.73 Å². The Bertz CT molecular complexity index is 2840. The van der Waals surface area contributed by atoms with E-state index in [4.69, 9.17) is 10.2 Å². The van der Waals surface area contributed by atoms with E-state index < -0.39 is 6.17 Å². The third kappa shape index (κ3) is 5.81. The van der Waals surface area contributed by atoms with Gasteiger partial charge in [0, 0.05) is 36.6 Å². The van der Waals surface area contributed by atoms with Crippen LogP contribution in [0.15, 0.2) is 162 Å². The van der Waals surface area contributed by atoms with Crippen LogP contribution in [0.25, 0.3) is 70.1 Å². The van der Waals surface area contributed by atoms with Crippen LogP contribution in [0.1, 0.15) is 40.4 Å². The topological polar surface area (TPSA) is 51.2 Å². The number of allylic oxidation sites excluding steroid dienone is 1. The molecule has 0 fully saturated rings. The summed E-state index contributed by atoms with van der Waals surface area (Å²) in [5.74, 6) is 0. The van der Waals surface area contributed by atoms with Crippen molar-refractivity contribution >= 4 is 59.1 Å². The van der Waals surface area contributed by atoms with Gasteiger partial charge in [-0.1, -0.05) is 121 Å². The molecule has 0 saturated heterocycles. The predicted octanol–water partition coefficient (Wildman–Crippen LogP) is 12.6. The molecule has 0 aliphatic heterocycles. The zero-order valence-corrected chi connectivity index (χ0v) is 30.1. The lowest BCUT2D eigenvalue weighted by Crippen LogP contribution is -2.27. The summed E-state index contributed by atoms with van der Waals surface area (Å²) in [6.45, 7) is 0. The number of aryl methyl sites for hydroxylation is 1. The number of furan rings is 1. The van der Waals surface area contributed by atoms with Crippen LogP contribution in [0.4, 0.5) is 0 Å². The SMILES string of the molecule is NC(N/C(=C\Cc1ccc2c(c1)sc1ccc(-c3cccc4c3CCCc3ccccc3-4)cc12)c1ccccc1)c1ccc2oc3ccccc3c2c1. The normalized spacial score (nSPS) is 13.6. The van der Waals surface area contributed by atoms with Gasteiger partial charge in [-0.2, -0.15) is 0 Å². The first-order chi connectivity index (χ1) is 26.2. The minimum absolute atomic E-state index is 0.395. The van der Waals surface area contributed by atoms with E-state index in [1.807, 2.05) is 41.7 Å². The molecule has 0 bridgehead atoms. The highest BCUT2D eigenvalue weighted by Crippen LogP contribution is 2.41. The fraction of sp³-hybridized carbons (Fsp3) is 0.102. The molecule has 3 N–H and O–H groups in total. The van der Waals surface area contributed by atoms with E-state index in [-0.39, 0.29) is 0 Å². The summed E-state index contributed by atoms with van der Waals surface area (Å²) in [5, 5.41) is 8.47. The molecule has 9 aromatic rings. The molecule has 3 nitrogen and oxygen atoms in total. The first-order valence-electron chi connectivity index (χ1n) is 18.5. The highest BCUT2D eigenvalue weighted by Gasteiger charge is 2.19. The van der Waals surface area contributed by atoms with E-state index in [9.17, 15) is 0 Å². The number of para-hydroxylation sites is 1. The lowest BCUT2D eigenvalue weighted by molar-refractivity contribution is 0.659. The number of nitrogens with two attached hydrogens (primary N) is 1. The quantitative estimate of drug-likeness (QED) is 0.163. The molecule has 7 aromatic carbocycles. The predicted molar refractivity (Wildman–Crippen MR) is 224 cm³/mol. The molecule has 1 unspecified atom stereocenters. The maximum atomic E-state index is 6.86. The number of nitrogens with one attached hydrogen (secondary N) is 1. The van der Waals surface area contributed by atoms with Crippen LogP contribution in [0, 0.1) is 0 Å². The molecule has 10 rings (SSSR count). The maximum Gasteiger partial charge on any atom is 0.135 e. The van der Waals surface area contributed by atoms with Crippen molar-refractivity contribution < 1.29 is 4.42 Å². The van der Waals surface area contributed by atoms with Crippen molar-refractivity contribution in [2.45, 2.75) is 31.8 Å². The minimum Gasteiger partial charge on any atom is -0.456 e. The monoisotopic (exact) mass is 702 g/mol. The lowest BCUT2D eigenvalue weighted by Gasteiger charge is -2.19. The average molecular weight is 703 g/mol. The number of thiophene rings is 1. The molecule has 1 aliphatic carbocycles. The molecule has 256 valence electrons. The molecule has 4 heteroatoms. The summed E-state index contributed by atoms with van der Waals surface area (Å²) in [6, 6.07) is 54.7. The third-order valence-electron chi connectivity index (χ3n) is 10.9. The Morgan fingerprint density at radius 3 is 2.40 bits per heavy atom. The summed E-state index contributed by atoms with van der Waals surface area (Å²) in [5.41, 5.74) is 21.4.